The summed E-state index contributed by atoms with van der Waals surface area (Å²) < 4.78 is 1.25. The molecule has 1 amide bonds. The van der Waals surface area contributed by atoms with Crippen LogP contribution in [0.25, 0.3) is 10.2 Å². The van der Waals surface area contributed by atoms with Gasteiger partial charge in [-0.15, -0.1) is 11.3 Å². The maximum atomic E-state index is 12.8. The summed E-state index contributed by atoms with van der Waals surface area (Å²) in [6, 6.07) is 8.87. The molecule has 1 N–H and O–H groups in total. The Labute approximate surface area is 166 Å². The van der Waals surface area contributed by atoms with Crippen molar-refractivity contribution in [2.45, 2.75) is 69.7 Å². The fourth-order valence-electron chi connectivity index (χ4n) is 4.47. The Morgan fingerprint density at radius 1 is 1.07 bits per heavy atom. The average Bonchev–Trinajstić information content (AvgIpc) is 3.11. The molecule has 1 atom stereocenters. The van der Waals surface area contributed by atoms with Gasteiger partial charge in [0.1, 0.15) is 0 Å². The number of aromatic nitrogens is 1. The van der Waals surface area contributed by atoms with Crippen LogP contribution < -0.4 is 5.32 Å². The maximum absolute atomic E-state index is 12.8. The van der Waals surface area contributed by atoms with E-state index < -0.39 is 0 Å². The normalized spacial score (nSPS) is 22.5. The molecule has 146 valence electrons. The predicted molar refractivity (Wildman–Crippen MR) is 112 cm³/mol. The van der Waals surface area contributed by atoms with Crippen molar-refractivity contribution in [1.29, 1.82) is 0 Å². The lowest BCUT2D eigenvalue weighted by atomic mass is 9.96. The minimum atomic E-state index is 0.267. The summed E-state index contributed by atoms with van der Waals surface area (Å²) >= 11 is 1.79. The van der Waals surface area contributed by atoms with Gasteiger partial charge in [0.2, 0.25) is 5.91 Å². The molecule has 4 nitrogen and oxygen atoms in total. The highest BCUT2D eigenvalue weighted by molar-refractivity contribution is 7.18. The number of nitrogens with zero attached hydrogens (tertiary/aromatic N) is 2. The Morgan fingerprint density at radius 2 is 1.85 bits per heavy atom. The Hall–Kier alpha value is -1.46. The van der Waals surface area contributed by atoms with Crippen LogP contribution in [0, 0.1) is 0 Å². The van der Waals surface area contributed by atoms with Crippen LogP contribution in [0.5, 0.6) is 0 Å². The first-order valence-corrected chi connectivity index (χ1v) is 11.5. The maximum Gasteiger partial charge on any atom is 0.236 e. The van der Waals surface area contributed by atoms with Gasteiger partial charge in [-0.3, -0.25) is 4.79 Å². The number of likely N-dealkylation sites (tertiary alicyclic amines) is 1. The average molecular weight is 386 g/mol. The molecule has 1 saturated heterocycles. The molecule has 2 fully saturated rings. The van der Waals surface area contributed by atoms with Crippen LogP contribution in [0.1, 0.15) is 68.7 Å². The number of benzene rings is 1. The zero-order chi connectivity index (χ0) is 18.5. The summed E-state index contributed by atoms with van der Waals surface area (Å²) in [5.74, 6) is 0.657. The molecule has 1 aromatic carbocycles. The van der Waals surface area contributed by atoms with Gasteiger partial charge < -0.3 is 10.2 Å². The van der Waals surface area contributed by atoms with Crippen molar-refractivity contribution in [1.82, 2.24) is 15.2 Å². The number of thiazole rings is 1. The van der Waals surface area contributed by atoms with Crippen molar-refractivity contribution >= 4 is 27.5 Å². The lowest BCUT2D eigenvalue weighted by molar-refractivity contribution is -0.131. The van der Waals surface area contributed by atoms with Crippen LogP contribution in [0.15, 0.2) is 24.3 Å². The van der Waals surface area contributed by atoms with Gasteiger partial charge in [0.05, 0.1) is 21.8 Å². The van der Waals surface area contributed by atoms with Crippen molar-refractivity contribution in [2.24, 2.45) is 0 Å². The van der Waals surface area contributed by atoms with Crippen LogP contribution in [-0.2, 0) is 4.79 Å². The summed E-state index contributed by atoms with van der Waals surface area (Å²) in [5.41, 5.74) is 1.09. The monoisotopic (exact) mass is 385 g/mol. The molecule has 2 aliphatic rings. The molecule has 0 radical (unpaired) electrons. The fourth-order valence-corrected chi connectivity index (χ4v) is 5.57. The zero-order valence-electron chi connectivity index (χ0n) is 16.2. The van der Waals surface area contributed by atoms with Crippen LogP contribution >= 0.6 is 11.3 Å². The topological polar surface area (TPSA) is 45.2 Å². The highest BCUT2D eigenvalue weighted by Gasteiger charge is 2.27. The van der Waals surface area contributed by atoms with E-state index in [0.717, 1.165) is 31.4 Å². The first-order valence-electron chi connectivity index (χ1n) is 10.7. The highest BCUT2D eigenvalue weighted by atomic mass is 32.1. The van der Waals surface area contributed by atoms with Crippen molar-refractivity contribution in [3.8, 4) is 0 Å². The lowest BCUT2D eigenvalue weighted by Gasteiger charge is -2.32. The third-order valence-electron chi connectivity index (χ3n) is 6.08. The van der Waals surface area contributed by atoms with Gasteiger partial charge in [-0.05, 0) is 37.8 Å². The molecule has 1 aromatic heterocycles. The van der Waals surface area contributed by atoms with Crippen molar-refractivity contribution in [2.75, 3.05) is 19.6 Å². The molecule has 1 saturated carbocycles. The Kier molecular flexibility index (Phi) is 6.40. The molecular formula is C22H31N3OS. The summed E-state index contributed by atoms with van der Waals surface area (Å²) in [6.07, 6.45) is 11.3. The number of carbonyl (C=O) groups is 1. The molecule has 1 aliphatic heterocycles. The largest absolute Gasteiger partial charge is 0.341 e. The summed E-state index contributed by atoms with van der Waals surface area (Å²) in [4.78, 5) is 19.7. The third kappa shape index (κ3) is 4.88. The van der Waals surface area contributed by atoms with E-state index in [2.05, 4.69) is 28.4 Å². The SMILES string of the molecule is O=C(CNC1CCCCCCC1)N1CCC[C@@H](c2nc3ccccc3s2)C1. The van der Waals surface area contributed by atoms with Crippen LogP contribution in [0.3, 0.4) is 0 Å². The van der Waals surface area contributed by atoms with Gasteiger partial charge >= 0.3 is 0 Å². The van der Waals surface area contributed by atoms with Crippen molar-refractivity contribution in [3.63, 3.8) is 0 Å². The second-order valence-corrected chi connectivity index (χ2v) is 9.18. The van der Waals surface area contributed by atoms with E-state index in [1.165, 1.54) is 54.7 Å². The number of amides is 1. The van der Waals surface area contributed by atoms with E-state index in [-0.39, 0.29) is 5.91 Å². The van der Waals surface area contributed by atoms with Gasteiger partial charge in [0, 0.05) is 25.0 Å². The van der Waals surface area contributed by atoms with E-state index in [0.29, 0.717) is 18.5 Å². The molecule has 2 aromatic rings. The molecule has 0 spiro atoms. The standard InChI is InChI=1S/C22H31N3OS/c26-21(15-23-18-10-4-2-1-3-5-11-18)25-14-8-9-17(16-25)22-24-19-12-6-7-13-20(19)27-22/h6-7,12-13,17-18,23H,1-5,8-11,14-16H2/t17-/m1/s1. The van der Waals surface area contributed by atoms with Crippen LogP contribution in [0.4, 0.5) is 0 Å². The molecule has 2 heterocycles. The van der Waals surface area contributed by atoms with Gasteiger partial charge in [-0.1, -0.05) is 44.2 Å². The van der Waals surface area contributed by atoms with E-state index in [4.69, 9.17) is 4.98 Å². The zero-order valence-corrected chi connectivity index (χ0v) is 17.0. The molecule has 0 unspecified atom stereocenters. The molecule has 1 aliphatic carbocycles. The quantitative estimate of drug-likeness (QED) is 0.829. The van der Waals surface area contributed by atoms with E-state index >= 15 is 0 Å². The number of fused-ring (bicyclic) bond motifs is 1. The van der Waals surface area contributed by atoms with Crippen LogP contribution in [0.2, 0.25) is 0 Å². The number of para-hydroxylation sites is 1. The van der Waals surface area contributed by atoms with E-state index in [1.54, 1.807) is 11.3 Å². The number of piperidine rings is 1. The minimum absolute atomic E-state index is 0.267. The molecule has 0 bridgehead atoms. The molecule has 27 heavy (non-hydrogen) atoms. The second kappa shape index (κ2) is 9.16. The third-order valence-corrected chi connectivity index (χ3v) is 7.28. The fraction of sp³-hybridized carbons (Fsp3) is 0.636. The van der Waals surface area contributed by atoms with Gasteiger partial charge in [-0.25, -0.2) is 4.98 Å². The predicted octanol–water partition coefficient (Wildman–Crippen LogP) is 4.70. The second-order valence-electron chi connectivity index (χ2n) is 8.12. The van der Waals surface area contributed by atoms with Gasteiger partial charge in [0.15, 0.2) is 0 Å². The number of rotatable bonds is 4. The van der Waals surface area contributed by atoms with E-state index in [1.807, 2.05) is 6.07 Å². The highest BCUT2D eigenvalue weighted by Crippen LogP contribution is 2.32. The minimum Gasteiger partial charge on any atom is -0.341 e. The first-order chi connectivity index (χ1) is 13.3. The molecular weight excluding hydrogens is 354 g/mol. The van der Waals surface area contributed by atoms with Gasteiger partial charge in [0.25, 0.3) is 0 Å². The molecule has 5 heteroatoms. The number of nitrogens with one attached hydrogen (secondary N) is 1. The number of hydrogen-bond donors (Lipinski definition) is 1. The Bertz CT molecular complexity index is 718. The number of carbonyl (C=O) groups excluding carboxylic acids is 1. The van der Waals surface area contributed by atoms with Crippen molar-refractivity contribution in [3.05, 3.63) is 29.3 Å². The lowest BCUT2D eigenvalue weighted by Crippen LogP contribution is -2.45. The van der Waals surface area contributed by atoms with Crippen LogP contribution in [-0.4, -0.2) is 41.5 Å². The number of hydrogen-bond acceptors (Lipinski definition) is 4. The Morgan fingerprint density at radius 3 is 2.67 bits per heavy atom. The Balaban J connectivity index is 1.32. The van der Waals surface area contributed by atoms with E-state index in [9.17, 15) is 4.79 Å². The van der Waals surface area contributed by atoms with Gasteiger partial charge in [-0.2, -0.15) is 0 Å². The summed E-state index contributed by atoms with van der Waals surface area (Å²) in [6.45, 7) is 2.22. The molecule has 4 rings (SSSR count). The summed E-state index contributed by atoms with van der Waals surface area (Å²) in [7, 11) is 0. The summed E-state index contributed by atoms with van der Waals surface area (Å²) in [5, 5.41) is 4.75. The first kappa shape index (κ1) is 18.9. The van der Waals surface area contributed by atoms with Crippen molar-refractivity contribution < 1.29 is 4.79 Å². The smallest absolute Gasteiger partial charge is 0.236 e.